The van der Waals surface area contributed by atoms with Gasteiger partial charge in [0.2, 0.25) is 11.8 Å². The first-order valence-electron chi connectivity index (χ1n) is 10.2. The summed E-state index contributed by atoms with van der Waals surface area (Å²) in [6.45, 7) is 6.32. The van der Waals surface area contributed by atoms with Crippen LogP contribution in [0, 0.1) is 17.8 Å². The summed E-state index contributed by atoms with van der Waals surface area (Å²) in [7, 11) is 3.12. The number of carbonyl (C=O) groups excluding carboxylic acids is 2. The SMILES string of the molecule is COc1ccc(NC(=O)[C@H](CC(C)C)NC(=O)C2CCC(C)CC2)c(OC)c1. The lowest BCUT2D eigenvalue weighted by Gasteiger charge is -2.28. The van der Waals surface area contributed by atoms with Gasteiger partial charge in [-0.05, 0) is 56.1 Å². The Morgan fingerprint density at radius 3 is 2.36 bits per heavy atom. The van der Waals surface area contributed by atoms with E-state index in [2.05, 4.69) is 17.6 Å². The zero-order chi connectivity index (χ0) is 20.7. The molecule has 156 valence electrons. The first kappa shape index (κ1) is 22.1. The van der Waals surface area contributed by atoms with E-state index in [1.807, 2.05) is 13.8 Å². The summed E-state index contributed by atoms with van der Waals surface area (Å²) in [6.07, 6.45) is 4.52. The third-order valence-electron chi connectivity index (χ3n) is 5.39. The van der Waals surface area contributed by atoms with E-state index in [1.165, 1.54) is 0 Å². The van der Waals surface area contributed by atoms with Crippen LogP contribution in [-0.2, 0) is 9.59 Å². The molecule has 6 heteroatoms. The van der Waals surface area contributed by atoms with E-state index in [0.717, 1.165) is 25.7 Å². The number of hydrogen-bond acceptors (Lipinski definition) is 4. The van der Waals surface area contributed by atoms with Crippen molar-refractivity contribution in [3.63, 3.8) is 0 Å². The molecule has 0 radical (unpaired) electrons. The number of ether oxygens (including phenoxy) is 2. The van der Waals surface area contributed by atoms with Crippen molar-refractivity contribution in [1.82, 2.24) is 5.32 Å². The summed E-state index contributed by atoms with van der Waals surface area (Å²) < 4.78 is 10.5. The maximum Gasteiger partial charge on any atom is 0.247 e. The molecule has 1 atom stereocenters. The van der Waals surface area contributed by atoms with Gasteiger partial charge in [-0.25, -0.2) is 0 Å². The lowest BCUT2D eigenvalue weighted by Crippen LogP contribution is -2.47. The number of methoxy groups -OCH3 is 2. The number of hydrogen-bond donors (Lipinski definition) is 2. The predicted octanol–water partition coefficient (Wildman–Crippen LogP) is 4.00. The van der Waals surface area contributed by atoms with Crippen molar-refractivity contribution in [2.24, 2.45) is 17.8 Å². The van der Waals surface area contributed by atoms with Gasteiger partial charge in [0.05, 0.1) is 19.9 Å². The van der Waals surface area contributed by atoms with E-state index >= 15 is 0 Å². The van der Waals surface area contributed by atoms with Crippen molar-refractivity contribution in [3.05, 3.63) is 18.2 Å². The summed E-state index contributed by atoms with van der Waals surface area (Å²) in [5, 5.41) is 5.90. The Labute approximate surface area is 168 Å². The molecule has 1 aromatic carbocycles. The van der Waals surface area contributed by atoms with Gasteiger partial charge in [0, 0.05) is 12.0 Å². The summed E-state index contributed by atoms with van der Waals surface area (Å²) in [4.78, 5) is 25.7. The summed E-state index contributed by atoms with van der Waals surface area (Å²) in [6, 6.07) is 4.65. The van der Waals surface area contributed by atoms with E-state index < -0.39 is 6.04 Å². The topological polar surface area (TPSA) is 76.7 Å². The maximum absolute atomic E-state index is 12.9. The molecule has 0 aromatic heterocycles. The highest BCUT2D eigenvalue weighted by molar-refractivity contribution is 5.98. The second kappa shape index (κ2) is 10.3. The fourth-order valence-corrected chi connectivity index (χ4v) is 3.64. The van der Waals surface area contributed by atoms with Crippen LogP contribution in [0.3, 0.4) is 0 Å². The monoisotopic (exact) mass is 390 g/mol. The molecular weight excluding hydrogens is 356 g/mol. The van der Waals surface area contributed by atoms with Gasteiger partial charge in [-0.1, -0.05) is 20.8 Å². The third-order valence-corrected chi connectivity index (χ3v) is 5.39. The first-order chi connectivity index (χ1) is 13.3. The lowest BCUT2D eigenvalue weighted by atomic mass is 9.82. The van der Waals surface area contributed by atoms with Gasteiger partial charge in [0.25, 0.3) is 0 Å². The van der Waals surface area contributed by atoms with Gasteiger partial charge in [0.1, 0.15) is 17.5 Å². The van der Waals surface area contributed by atoms with Crippen LogP contribution < -0.4 is 20.1 Å². The molecule has 0 saturated heterocycles. The summed E-state index contributed by atoms with van der Waals surface area (Å²) in [5.74, 6) is 1.90. The molecule has 0 unspecified atom stereocenters. The second-order valence-electron chi connectivity index (χ2n) is 8.20. The highest BCUT2D eigenvalue weighted by Gasteiger charge is 2.29. The van der Waals surface area contributed by atoms with Crippen molar-refractivity contribution in [2.75, 3.05) is 19.5 Å². The molecular formula is C22H34N2O4. The van der Waals surface area contributed by atoms with E-state index in [-0.39, 0.29) is 23.7 Å². The molecule has 1 aliphatic carbocycles. The fourth-order valence-electron chi connectivity index (χ4n) is 3.64. The minimum absolute atomic E-state index is 0.00519. The van der Waals surface area contributed by atoms with Crippen LogP contribution in [0.15, 0.2) is 18.2 Å². The Hall–Kier alpha value is -2.24. The number of rotatable bonds is 8. The standard InChI is InChI=1S/C22H34N2O4/c1-14(2)12-19(24-21(25)16-8-6-15(3)7-9-16)22(26)23-18-11-10-17(27-4)13-20(18)28-5/h10-11,13-16,19H,6-9,12H2,1-5H3,(H,23,26)(H,24,25)/t15?,16?,19-/m0/s1. The maximum atomic E-state index is 12.9. The van der Waals surface area contributed by atoms with E-state index in [0.29, 0.717) is 29.5 Å². The molecule has 0 heterocycles. The van der Waals surface area contributed by atoms with Crippen LogP contribution in [-0.4, -0.2) is 32.1 Å². The first-order valence-corrected chi connectivity index (χ1v) is 10.2. The normalized spacial score (nSPS) is 20.4. The lowest BCUT2D eigenvalue weighted by molar-refractivity contribution is -0.130. The minimum Gasteiger partial charge on any atom is -0.497 e. The van der Waals surface area contributed by atoms with Crippen LogP contribution in [0.5, 0.6) is 11.5 Å². The van der Waals surface area contributed by atoms with Crippen LogP contribution in [0.2, 0.25) is 0 Å². The molecule has 1 fully saturated rings. The molecule has 28 heavy (non-hydrogen) atoms. The second-order valence-corrected chi connectivity index (χ2v) is 8.20. The van der Waals surface area contributed by atoms with Crippen LogP contribution in [0.25, 0.3) is 0 Å². The summed E-state index contributed by atoms with van der Waals surface area (Å²) in [5.41, 5.74) is 0.558. The number of benzene rings is 1. The van der Waals surface area contributed by atoms with Crippen molar-refractivity contribution < 1.29 is 19.1 Å². The van der Waals surface area contributed by atoms with E-state index in [9.17, 15) is 9.59 Å². The van der Waals surface area contributed by atoms with Crippen LogP contribution >= 0.6 is 0 Å². The van der Waals surface area contributed by atoms with Crippen LogP contribution in [0.4, 0.5) is 5.69 Å². The van der Waals surface area contributed by atoms with Gasteiger partial charge in [-0.3, -0.25) is 9.59 Å². The number of amides is 2. The Kier molecular flexibility index (Phi) is 8.15. The van der Waals surface area contributed by atoms with Crippen molar-refractivity contribution >= 4 is 17.5 Å². The van der Waals surface area contributed by atoms with Crippen LogP contribution in [0.1, 0.15) is 52.9 Å². The van der Waals surface area contributed by atoms with Gasteiger partial charge >= 0.3 is 0 Å². The Bertz CT molecular complexity index is 667. The zero-order valence-corrected chi connectivity index (χ0v) is 17.7. The van der Waals surface area contributed by atoms with Crippen molar-refractivity contribution in [3.8, 4) is 11.5 Å². The van der Waals surface area contributed by atoms with Gasteiger partial charge in [-0.15, -0.1) is 0 Å². The minimum atomic E-state index is -0.571. The average molecular weight is 391 g/mol. The number of carbonyl (C=O) groups is 2. The number of nitrogens with one attached hydrogen (secondary N) is 2. The van der Waals surface area contributed by atoms with E-state index in [1.54, 1.807) is 32.4 Å². The third kappa shape index (κ3) is 6.14. The predicted molar refractivity (Wildman–Crippen MR) is 111 cm³/mol. The largest absolute Gasteiger partial charge is 0.497 e. The molecule has 0 aliphatic heterocycles. The molecule has 6 nitrogen and oxygen atoms in total. The number of anilines is 1. The van der Waals surface area contributed by atoms with Gasteiger partial charge in [-0.2, -0.15) is 0 Å². The highest BCUT2D eigenvalue weighted by atomic mass is 16.5. The molecule has 1 aliphatic rings. The molecule has 2 amide bonds. The summed E-state index contributed by atoms with van der Waals surface area (Å²) >= 11 is 0. The van der Waals surface area contributed by atoms with Gasteiger partial charge < -0.3 is 20.1 Å². The average Bonchev–Trinajstić information content (AvgIpc) is 2.67. The smallest absolute Gasteiger partial charge is 0.247 e. The van der Waals surface area contributed by atoms with E-state index in [4.69, 9.17) is 9.47 Å². The molecule has 2 N–H and O–H groups in total. The zero-order valence-electron chi connectivity index (χ0n) is 17.7. The molecule has 0 spiro atoms. The Balaban J connectivity index is 2.07. The quantitative estimate of drug-likeness (QED) is 0.703. The highest BCUT2D eigenvalue weighted by Crippen LogP contribution is 2.30. The van der Waals surface area contributed by atoms with Crippen molar-refractivity contribution in [1.29, 1.82) is 0 Å². The fraction of sp³-hybridized carbons (Fsp3) is 0.636. The Morgan fingerprint density at radius 2 is 1.79 bits per heavy atom. The molecule has 1 saturated carbocycles. The molecule has 0 bridgehead atoms. The van der Waals surface area contributed by atoms with Crippen molar-refractivity contribution in [2.45, 2.75) is 58.9 Å². The molecule has 1 aromatic rings. The molecule has 2 rings (SSSR count). The van der Waals surface area contributed by atoms with Gasteiger partial charge in [0.15, 0.2) is 0 Å². The Morgan fingerprint density at radius 1 is 1.11 bits per heavy atom.